The minimum Gasteiger partial charge on any atom is -0.378 e. The summed E-state index contributed by atoms with van der Waals surface area (Å²) in [5, 5.41) is 13.9. The summed E-state index contributed by atoms with van der Waals surface area (Å²) in [6.45, 7) is 0.472. The number of nitro groups is 1. The number of benzene rings is 1. The fourth-order valence-electron chi connectivity index (χ4n) is 1.37. The quantitative estimate of drug-likeness (QED) is 0.678. The van der Waals surface area contributed by atoms with Crippen molar-refractivity contribution in [3.63, 3.8) is 0 Å². The Hall–Kier alpha value is -2.21. The number of hydrogen-bond acceptors (Lipinski definition) is 5. The van der Waals surface area contributed by atoms with Gasteiger partial charge in [-0.1, -0.05) is 11.6 Å². The van der Waals surface area contributed by atoms with Crippen LogP contribution in [0.3, 0.4) is 0 Å². The third kappa shape index (κ3) is 2.92. The van der Waals surface area contributed by atoms with E-state index >= 15 is 0 Å². The first kappa shape index (κ1) is 12.3. The van der Waals surface area contributed by atoms with Crippen molar-refractivity contribution in [3.05, 3.63) is 57.6 Å². The first-order valence-corrected chi connectivity index (χ1v) is 5.47. The van der Waals surface area contributed by atoms with Crippen molar-refractivity contribution in [2.24, 2.45) is 0 Å². The second kappa shape index (κ2) is 5.42. The van der Waals surface area contributed by atoms with Gasteiger partial charge < -0.3 is 5.32 Å². The molecule has 6 nitrogen and oxygen atoms in total. The number of halogens is 1. The van der Waals surface area contributed by atoms with E-state index in [2.05, 4.69) is 15.3 Å². The molecule has 0 aliphatic heterocycles. The molecule has 7 heteroatoms. The number of nitrogens with one attached hydrogen (secondary N) is 1. The average Bonchev–Trinajstić information content (AvgIpc) is 2.38. The lowest BCUT2D eigenvalue weighted by Crippen LogP contribution is -2.02. The molecule has 0 fully saturated rings. The average molecular weight is 265 g/mol. The zero-order valence-electron chi connectivity index (χ0n) is 9.21. The minimum atomic E-state index is -0.486. The van der Waals surface area contributed by atoms with Gasteiger partial charge in [-0.15, -0.1) is 0 Å². The molecular formula is C11H9ClN4O2. The van der Waals surface area contributed by atoms with E-state index in [9.17, 15) is 10.1 Å². The summed E-state index contributed by atoms with van der Waals surface area (Å²) in [6.07, 6.45) is 3.09. The summed E-state index contributed by atoms with van der Waals surface area (Å²) in [5.74, 6) is 0. The molecule has 0 saturated heterocycles. The Kier molecular flexibility index (Phi) is 3.69. The maximum Gasteiger partial charge on any atom is 0.271 e. The van der Waals surface area contributed by atoms with Crippen LogP contribution in [-0.2, 0) is 6.54 Å². The van der Waals surface area contributed by atoms with Gasteiger partial charge >= 0.3 is 0 Å². The second-order valence-corrected chi connectivity index (χ2v) is 3.88. The number of nitro benzene ring substituents is 1. The molecule has 1 aromatic carbocycles. The van der Waals surface area contributed by atoms with Gasteiger partial charge in [0, 0.05) is 18.3 Å². The van der Waals surface area contributed by atoms with Crippen molar-refractivity contribution in [1.29, 1.82) is 0 Å². The van der Waals surface area contributed by atoms with E-state index < -0.39 is 4.92 Å². The molecule has 0 saturated carbocycles. The van der Waals surface area contributed by atoms with Crippen molar-refractivity contribution in [3.8, 4) is 0 Å². The summed E-state index contributed by atoms with van der Waals surface area (Å²) in [7, 11) is 0. The lowest BCUT2D eigenvalue weighted by molar-refractivity contribution is -0.384. The molecule has 92 valence electrons. The molecule has 0 atom stereocenters. The highest BCUT2D eigenvalue weighted by Crippen LogP contribution is 2.26. The van der Waals surface area contributed by atoms with E-state index in [1.54, 1.807) is 18.3 Å². The van der Waals surface area contributed by atoms with Crippen LogP contribution >= 0.6 is 11.6 Å². The van der Waals surface area contributed by atoms with Gasteiger partial charge in [0.1, 0.15) is 6.33 Å². The monoisotopic (exact) mass is 264 g/mol. The van der Waals surface area contributed by atoms with Gasteiger partial charge in [-0.05, 0) is 12.1 Å². The summed E-state index contributed by atoms with van der Waals surface area (Å²) in [4.78, 5) is 17.9. The Bertz CT molecular complexity index is 562. The van der Waals surface area contributed by atoms with Crippen LogP contribution in [0.15, 0.2) is 36.8 Å². The number of non-ortho nitro benzene ring substituents is 1. The molecule has 0 spiro atoms. The zero-order chi connectivity index (χ0) is 13.0. The highest BCUT2D eigenvalue weighted by atomic mass is 35.5. The highest BCUT2D eigenvalue weighted by molar-refractivity contribution is 6.33. The Labute approximate surface area is 108 Å². The van der Waals surface area contributed by atoms with Crippen LogP contribution in [0, 0.1) is 10.1 Å². The molecule has 1 N–H and O–H groups in total. The van der Waals surface area contributed by atoms with Crippen LogP contribution in [0.25, 0.3) is 0 Å². The molecule has 2 aromatic rings. The maximum atomic E-state index is 10.6. The van der Waals surface area contributed by atoms with Crippen LogP contribution in [0.2, 0.25) is 5.02 Å². The van der Waals surface area contributed by atoms with Crippen LogP contribution < -0.4 is 5.32 Å². The highest BCUT2D eigenvalue weighted by Gasteiger charge is 2.09. The lowest BCUT2D eigenvalue weighted by atomic mass is 10.2. The van der Waals surface area contributed by atoms with E-state index in [0.717, 1.165) is 5.69 Å². The van der Waals surface area contributed by atoms with E-state index in [4.69, 9.17) is 11.6 Å². The molecule has 0 amide bonds. The Balaban J connectivity index is 2.08. The van der Waals surface area contributed by atoms with E-state index in [0.29, 0.717) is 17.3 Å². The van der Waals surface area contributed by atoms with Crippen molar-refractivity contribution < 1.29 is 4.92 Å². The van der Waals surface area contributed by atoms with Crippen LogP contribution in [0.5, 0.6) is 0 Å². The van der Waals surface area contributed by atoms with E-state index in [1.807, 2.05) is 0 Å². The van der Waals surface area contributed by atoms with Crippen molar-refractivity contribution in [2.45, 2.75) is 6.54 Å². The predicted octanol–water partition coefficient (Wildman–Crippen LogP) is 2.65. The van der Waals surface area contributed by atoms with Gasteiger partial charge in [-0.2, -0.15) is 0 Å². The third-order valence-corrected chi connectivity index (χ3v) is 2.58. The van der Waals surface area contributed by atoms with E-state index in [-0.39, 0.29) is 5.69 Å². The first-order valence-electron chi connectivity index (χ1n) is 5.09. The van der Waals surface area contributed by atoms with Gasteiger partial charge in [0.05, 0.1) is 27.9 Å². The number of aromatic nitrogens is 2. The van der Waals surface area contributed by atoms with Gasteiger partial charge in [-0.25, -0.2) is 9.97 Å². The Morgan fingerprint density at radius 3 is 2.83 bits per heavy atom. The van der Waals surface area contributed by atoms with Crippen LogP contribution in [0.1, 0.15) is 5.69 Å². The second-order valence-electron chi connectivity index (χ2n) is 3.48. The predicted molar refractivity (Wildman–Crippen MR) is 67.5 cm³/mol. The van der Waals surface area contributed by atoms with Crippen LogP contribution in [-0.4, -0.2) is 14.9 Å². The Morgan fingerprint density at radius 2 is 2.22 bits per heavy atom. The SMILES string of the molecule is O=[N+]([O-])c1ccc(NCc2ccncn2)c(Cl)c1. The Morgan fingerprint density at radius 1 is 1.39 bits per heavy atom. The molecule has 0 aliphatic carbocycles. The molecule has 0 bridgehead atoms. The van der Waals surface area contributed by atoms with Crippen LogP contribution in [0.4, 0.5) is 11.4 Å². The number of nitrogens with zero attached hydrogens (tertiary/aromatic N) is 3. The molecule has 0 radical (unpaired) electrons. The fourth-order valence-corrected chi connectivity index (χ4v) is 1.61. The summed E-state index contributed by atoms with van der Waals surface area (Å²) in [5.41, 5.74) is 1.40. The first-order chi connectivity index (χ1) is 8.66. The minimum absolute atomic E-state index is 0.0346. The smallest absolute Gasteiger partial charge is 0.271 e. The normalized spacial score (nSPS) is 10.1. The summed E-state index contributed by atoms with van der Waals surface area (Å²) < 4.78 is 0. The van der Waals surface area contributed by atoms with Crippen molar-refractivity contribution in [1.82, 2.24) is 9.97 Å². The molecule has 0 unspecified atom stereocenters. The molecule has 18 heavy (non-hydrogen) atoms. The maximum absolute atomic E-state index is 10.6. The van der Waals surface area contributed by atoms with Gasteiger partial charge in [0.2, 0.25) is 0 Å². The largest absolute Gasteiger partial charge is 0.378 e. The summed E-state index contributed by atoms with van der Waals surface area (Å²) in [6, 6.07) is 6.05. The lowest BCUT2D eigenvalue weighted by Gasteiger charge is -2.07. The van der Waals surface area contributed by atoms with Crippen molar-refractivity contribution in [2.75, 3.05) is 5.32 Å². The van der Waals surface area contributed by atoms with Gasteiger partial charge in [-0.3, -0.25) is 10.1 Å². The molecule has 2 rings (SSSR count). The van der Waals surface area contributed by atoms with Gasteiger partial charge in [0.15, 0.2) is 0 Å². The molecular weight excluding hydrogens is 256 g/mol. The fraction of sp³-hybridized carbons (Fsp3) is 0.0909. The third-order valence-electron chi connectivity index (χ3n) is 2.27. The van der Waals surface area contributed by atoms with E-state index in [1.165, 1.54) is 18.5 Å². The van der Waals surface area contributed by atoms with Crippen molar-refractivity contribution >= 4 is 23.0 Å². The number of hydrogen-bond donors (Lipinski definition) is 1. The number of rotatable bonds is 4. The molecule has 1 aromatic heterocycles. The number of anilines is 1. The summed E-state index contributed by atoms with van der Waals surface area (Å²) >= 11 is 5.94. The zero-order valence-corrected chi connectivity index (χ0v) is 9.96. The molecule has 1 heterocycles. The molecule has 0 aliphatic rings. The standard InChI is InChI=1S/C11H9ClN4O2/c12-10-5-9(16(17)18)1-2-11(10)14-6-8-3-4-13-7-15-8/h1-5,7,14H,6H2. The topological polar surface area (TPSA) is 81.0 Å². The van der Waals surface area contributed by atoms with Gasteiger partial charge in [0.25, 0.3) is 5.69 Å².